The molecule has 112 valence electrons. The smallest absolute Gasteiger partial charge is 0.253 e. The van der Waals surface area contributed by atoms with Crippen molar-refractivity contribution in [3.05, 3.63) is 28.8 Å². The Labute approximate surface area is 126 Å². The number of rotatable bonds is 6. The Morgan fingerprint density at radius 3 is 2.55 bits per heavy atom. The molecule has 5 heteroatoms. The van der Waals surface area contributed by atoms with Gasteiger partial charge in [-0.05, 0) is 44.6 Å². The van der Waals surface area contributed by atoms with Gasteiger partial charge in [0, 0.05) is 23.3 Å². The summed E-state index contributed by atoms with van der Waals surface area (Å²) in [6, 6.07) is 5.04. The molecule has 4 nitrogen and oxygen atoms in total. The van der Waals surface area contributed by atoms with Crippen LogP contribution >= 0.6 is 11.6 Å². The van der Waals surface area contributed by atoms with E-state index in [1.165, 1.54) is 0 Å². The van der Waals surface area contributed by atoms with E-state index in [0.29, 0.717) is 22.2 Å². The number of nitrogens with zero attached hydrogens (tertiary/aromatic N) is 1. The fourth-order valence-corrected chi connectivity index (χ4v) is 2.37. The zero-order chi connectivity index (χ0) is 15.3. The maximum atomic E-state index is 12.3. The molecule has 0 saturated carbocycles. The monoisotopic (exact) mass is 297 g/mol. The number of nitrogens with two attached hydrogens (primary N) is 1. The van der Waals surface area contributed by atoms with Crippen molar-refractivity contribution in [2.45, 2.75) is 26.3 Å². The summed E-state index contributed by atoms with van der Waals surface area (Å²) in [5.74, 6) is 0.370. The highest BCUT2D eigenvalue weighted by atomic mass is 35.5. The van der Waals surface area contributed by atoms with Crippen LogP contribution in [0.2, 0.25) is 5.02 Å². The lowest BCUT2D eigenvalue weighted by atomic mass is 10.0. The number of benzene rings is 1. The predicted molar refractivity (Wildman–Crippen MR) is 85.1 cm³/mol. The average Bonchev–Trinajstić information content (AvgIpc) is 2.26. The van der Waals surface area contributed by atoms with Crippen LogP contribution < -0.4 is 11.1 Å². The van der Waals surface area contributed by atoms with Gasteiger partial charge in [-0.1, -0.05) is 25.4 Å². The van der Waals surface area contributed by atoms with Crippen molar-refractivity contribution in [1.82, 2.24) is 10.2 Å². The fourth-order valence-electron chi connectivity index (χ4n) is 2.19. The van der Waals surface area contributed by atoms with Gasteiger partial charge < -0.3 is 16.0 Å². The van der Waals surface area contributed by atoms with E-state index in [1.807, 2.05) is 14.1 Å². The van der Waals surface area contributed by atoms with Gasteiger partial charge in [-0.25, -0.2) is 0 Å². The van der Waals surface area contributed by atoms with Gasteiger partial charge in [-0.15, -0.1) is 0 Å². The summed E-state index contributed by atoms with van der Waals surface area (Å²) in [4.78, 5) is 14.4. The van der Waals surface area contributed by atoms with Gasteiger partial charge in [-0.2, -0.15) is 0 Å². The molecule has 0 spiro atoms. The third-order valence-electron chi connectivity index (χ3n) is 2.93. The maximum absolute atomic E-state index is 12.3. The standard InChI is InChI=1S/C15H24ClN3O/c1-10(2)7-12(9-19(3)4)18-15(20)13-6-5-11(16)8-14(13)17/h5-6,8,10,12H,7,9,17H2,1-4H3,(H,18,20). The van der Waals surface area contributed by atoms with Crippen LogP contribution in [0.15, 0.2) is 18.2 Å². The molecular weight excluding hydrogens is 274 g/mol. The molecule has 20 heavy (non-hydrogen) atoms. The molecular formula is C15H24ClN3O. The van der Waals surface area contributed by atoms with Crippen LogP contribution in [-0.4, -0.2) is 37.5 Å². The molecule has 0 radical (unpaired) electrons. The molecule has 1 amide bonds. The van der Waals surface area contributed by atoms with Gasteiger partial charge in [0.25, 0.3) is 5.91 Å². The molecule has 0 heterocycles. The number of amides is 1. The van der Waals surface area contributed by atoms with Crippen molar-refractivity contribution >= 4 is 23.2 Å². The molecule has 0 saturated heterocycles. The Balaban J connectivity index is 2.78. The molecule has 0 fully saturated rings. The molecule has 0 aromatic heterocycles. The van der Waals surface area contributed by atoms with E-state index in [1.54, 1.807) is 18.2 Å². The Morgan fingerprint density at radius 2 is 2.05 bits per heavy atom. The number of carbonyl (C=O) groups is 1. The van der Waals surface area contributed by atoms with Gasteiger partial charge in [0.05, 0.1) is 5.56 Å². The highest BCUT2D eigenvalue weighted by molar-refractivity contribution is 6.31. The van der Waals surface area contributed by atoms with Crippen molar-refractivity contribution < 1.29 is 4.79 Å². The van der Waals surface area contributed by atoms with Crippen LogP contribution in [-0.2, 0) is 0 Å². The van der Waals surface area contributed by atoms with Crippen LogP contribution in [0.25, 0.3) is 0 Å². The number of carbonyl (C=O) groups excluding carboxylic acids is 1. The van der Waals surface area contributed by atoms with Crippen LogP contribution in [0.4, 0.5) is 5.69 Å². The van der Waals surface area contributed by atoms with E-state index in [-0.39, 0.29) is 11.9 Å². The van der Waals surface area contributed by atoms with Gasteiger partial charge in [0.15, 0.2) is 0 Å². The first-order valence-electron chi connectivity index (χ1n) is 6.80. The van der Waals surface area contributed by atoms with Crippen molar-refractivity contribution in [3.8, 4) is 0 Å². The highest BCUT2D eigenvalue weighted by Gasteiger charge is 2.17. The first kappa shape index (κ1) is 16.8. The number of likely N-dealkylation sites (N-methyl/N-ethyl adjacent to an activating group) is 1. The highest BCUT2D eigenvalue weighted by Crippen LogP contribution is 2.18. The summed E-state index contributed by atoms with van der Waals surface area (Å²) in [6.45, 7) is 5.09. The molecule has 1 rings (SSSR count). The second-order valence-electron chi connectivity index (χ2n) is 5.79. The van der Waals surface area contributed by atoms with Gasteiger partial charge in [0.1, 0.15) is 0 Å². The zero-order valence-electron chi connectivity index (χ0n) is 12.6. The predicted octanol–water partition coefficient (Wildman–Crippen LogP) is 2.63. The number of nitrogens with one attached hydrogen (secondary N) is 1. The van der Waals surface area contributed by atoms with E-state index >= 15 is 0 Å². The quantitative estimate of drug-likeness (QED) is 0.794. The van der Waals surface area contributed by atoms with Crippen LogP contribution in [0.3, 0.4) is 0 Å². The lowest BCUT2D eigenvalue weighted by Gasteiger charge is -2.24. The number of anilines is 1. The summed E-state index contributed by atoms with van der Waals surface area (Å²) < 4.78 is 0. The van der Waals surface area contributed by atoms with Crippen LogP contribution in [0, 0.1) is 5.92 Å². The summed E-state index contributed by atoms with van der Waals surface area (Å²) in [7, 11) is 3.99. The van der Waals surface area contributed by atoms with E-state index in [9.17, 15) is 4.79 Å². The second kappa shape index (κ2) is 7.50. The number of hydrogen-bond acceptors (Lipinski definition) is 3. The summed E-state index contributed by atoms with van der Waals surface area (Å²) in [5.41, 5.74) is 6.72. The Kier molecular flexibility index (Phi) is 6.30. The molecule has 1 atom stereocenters. The first-order valence-corrected chi connectivity index (χ1v) is 7.18. The Morgan fingerprint density at radius 1 is 1.40 bits per heavy atom. The summed E-state index contributed by atoms with van der Waals surface area (Å²) in [6.07, 6.45) is 0.928. The fraction of sp³-hybridized carbons (Fsp3) is 0.533. The normalized spacial score (nSPS) is 12.8. The Hall–Kier alpha value is -1.26. The van der Waals surface area contributed by atoms with Crippen molar-refractivity contribution in [2.24, 2.45) is 5.92 Å². The van der Waals surface area contributed by atoms with Crippen molar-refractivity contribution in [2.75, 3.05) is 26.4 Å². The maximum Gasteiger partial charge on any atom is 0.253 e. The second-order valence-corrected chi connectivity index (χ2v) is 6.23. The van der Waals surface area contributed by atoms with Crippen LogP contribution in [0.5, 0.6) is 0 Å². The first-order chi connectivity index (χ1) is 9.29. The number of hydrogen-bond donors (Lipinski definition) is 2. The minimum Gasteiger partial charge on any atom is -0.398 e. The van der Waals surface area contributed by atoms with E-state index in [4.69, 9.17) is 17.3 Å². The number of nitrogen functional groups attached to an aromatic ring is 1. The largest absolute Gasteiger partial charge is 0.398 e. The average molecular weight is 298 g/mol. The van der Waals surface area contributed by atoms with Crippen molar-refractivity contribution in [3.63, 3.8) is 0 Å². The van der Waals surface area contributed by atoms with Gasteiger partial charge in [-0.3, -0.25) is 4.79 Å². The Bertz CT molecular complexity index is 450. The van der Waals surface area contributed by atoms with Crippen LogP contribution in [0.1, 0.15) is 30.6 Å². The summed E-state index contributed by atoms with van der Waals surface area (Å²) >= 11 is 5.85. The molecule has 0 aliphatic rings. The molecule has 3 N–H and O–H groups in total. The van der Waals surface area contributed by atoms with Crippen molar-refractivity contribution in [1.29, 1.82) is 0 Å². The lowest BCUT2D eigenvalue weighted by Crippen LogP contribution is -2.42. The topological polar surface area (TPSA) is 58.4 Å². The molecule has 0 bridgehead atoms. The van der Waals surface area contributed by atoms with E-state index < -0.39 is 0 Å². The number of halogens is 1. The molecule has 1 aromatic rings. The molecule has 1 unspecified atom stereocenters. The molecule has 1 aromatic carbocycles. The van der Waals surface area contributed by atoms with Gasteiger partial charge >= 0.3 is 0 Å². The lowest BCUT2D eigenvalue weighted by molar-refractivity contribution is 0.0925. The minimum atomic E-state index is -0.147. The van der Waals surface area contributed by atoms with E-state index in [2.05, 4.69) is 24.1 Å². The van der Waals surface area contributed by atoms with E-state index in [0.717, 1.165) is 13.0 Å². The third-order valence-corrected chi connectivity index (χ3v) is 3.17. The molecule has 0 aliphatic heterocycles. The summed E-state index contributed by atoms with van der Waals surface area (Å²) in [5, 5.41) is 3.59. The van der Waals surface area contributed by atoms with Gasteiger partial charge in [0.2, 0.25) is 0 Å². The zero-order valence-corrected chi connectivity index (χ0v) is 13.4. The minimum absolute atomic E-state index is 0.104. The SMILES string of the molecule is CC(C)CC(CN(C)C)NC(=O)c1ccc(Cl)cc1N. The third kappa shape index (κ3) is 5.39. The molecule has 0 aliphatic carbocycles.